The maximum absolute atomic E-state index is 13.8. The minimum Gasteiger partial charge on any atom is -0.481 e. The summed E-state index contributed by atoms with van der Waals surface area (Å²) in [5.41, 5.74) is -0.0267. The minimum atomic E-state index is -0.984. The van der Waals surface area contributed by atoms with Crippen LogP contribution in [-0.4, -0.2) is 47.7 Å². The number of hydrogen-bond donors (Lipinski definition) is 1. The molecule has 0 bridgehead atoms. The first kappa shape index (κ1) is 15.9. The fraction of sp³-hybridized carbons (Fsp3) is 0.500. The highest BCUT2D eigenvalue weighted by Crippen LogP contribution is 2.50. The summed E-state index contributed by atoms with van der Waals surface area (Å²) in [6.07, 6.45) is -0.287. The first-order valence-corrected chi connectivity index (χ1v) is 7.53. The van der Waals surface area contributed by atoms with Crippen molar-refractivity contribution >= 4 is 11.9 Å². The number of morpholine rings is 1. The lowest BCUT2D eigenvalue weighted by Gasteiger charge is -2.32. The second-order valence-corrected chi connectivity index (χ2v) is 5.96. The Morgan fingerprint density at radius 3 is 2.65 bits per heavy atom. The molecule has 1 saturated heterocycles. The van der Waals surface area contributed by atoms with E-state index in [1.54, 1.807) is 4.90 Å². The van der Waals surface area contributed by atoms with Crippen LogP contribution in [0.1, 0.15) is 24.3 Å². The predicted molar refractivity (Wildman–Crippen MR) is 75.8 cm³/mol. The van der Waals surface area contributed by atoms with Gasteiger partial charge in [0.05, 0.1) is 19.1 Å². The molecule has 5 nitrogen and oxygen atoms in total. The van der Waals surface area contributed by atoms with Gasteiger partial charge in [0, 0.05) is 30.5 Å². The standard InChI is InChI=1S/C16H17F2NO4/c17-12-2-1-3-13(18)15(12)10-7-11(10)16(22)19-4-5-23-9(8-19)6-14(20)21/h1-3,9-11H,4-8H2,(H,20,21). The van der Waals surface area contributed by atoms with Crippen LogP contribution < -0.4 is 0 Å². The molecule has 1 aromatic rings. The van der Waals surface area contributed by atoms with Crippen LogP contribution in [-0.2, 0) is 14.3 Å². The number of amides is 1. The molecule has 23 heavy (non-hydrogen) atoms. The molecule has 3 atom stereocenters. The Morgan fingerprint density at radius 1 is 1.30 bits per heavy atom. The van der Waals surface area contributed by atoms with Crippen molar-refractivity contribution in [1.29, 1.82) is 0 Å². The summed E-state index contributed by atoms with van der Waals surface area (Å²) in [7, 11) is 0. The minimum absolute atomic E-state index is 0.0267. The van der Waals surface area contributed by atoms with E-state index in [0.29, 0.717) is 13.0 Å². The number of halogens is 2. The number of benzene rings is 1. The summed E-state index contributed by atoms with van der Waals surface area (Å²) in [6.45, 7) is 0.848. The zero-order chi connectivity index (χ0) is 16.6. The lowest BCUT2D eigenvalue weighted by atomic mass is 10.1. The fourth-order valence-electron chi connectivity index (χ4n) is 3.12. The molecule has 3 rings (SSSR count). The highest BCUT2D eigenvalue weighted by molar-refractivity contribution is 5.83. The third-order valence-electron chi connectivity index (χ3n) is 4.33. The van der Waals surface area contributed by atoms with Crippen LogP contribution in [0.2, 0.25) is 0 Å². The monoisotopic (exact) mass is 325 g/mol. The van der Waals surface area contributed by atoms with Crippen molar-refractivity contribution in [2.45, 2.75) is 24.9 Å². The lowest BCUT2D eigenvalue weighted by Crippen LogP contribution is -2.47. The molecule has 2 fully saturated rings. The van der Waals surface area contributed by atoms with Gasteiger partial charge in [-0.2, -0.15) is 0 Å². The number of aliphatic carboxylic acids is 1. The number of hydrogen-bond acceptors (Lipinski definition) is 3. The van der Waals surface area contributed by atoms with Gasteiger partial charge in [0.2, 0.25) is 5.91 Å². The van der Waals surface area contributed by atoms with E-state index in [9.17, 15) is 18.4 Å². The van der Waals surface area contributed by atoms with E-state index in [-0.39, 0.29) is 31.0 Å². The lowest BCUT2D eigenvalue weighted by molar-refractivity contribution is -0.148. The molecule has 1 aliphatic heterocycles. The molecule has 124 valence electrons. The Bertz CT molecular complexity index is 616. The molecule has 3 unspecified atom stereocenters. The predicted octanol–water partition coefficient (Wildman–Crippen LogP) is 1.77. The molecule has 0 aromatic heterocycles. The fourth-order valence-corrected chi connectivity index (χ4v) is 3.12. The van der Waals surface area contributed by atoms with Gasteiger partial charge < -0.3 is 14.7 Å². The Hall–Kier alpha value is -2.02. The Kier molecular flexibility index (Phi) is 4.30. The van der Waals surface area contributed by atoms with Crippen LogP contribution >= 0.6 is 0 Å². The Labute approximate surface area is 131 Å². The molecule has 1 heterocycles. The first-order valence-electron chi connectivity index (χ1n) is 7.53. The Balaban J connectivity index is 1.65. The molecule has 1 aliphatic carbocycles. The SMILES string of the molecule is O=C(O)CC1CN(C(=O)C2CC2c2c(F)cccc2F)CCO1. The summed E-state index contributed by atoms with van der Waals surface area (Å²) in [5.74, 6) is -3.31. The second-order valence-electron chi connectivity index (χ2n) is 5.96. The number of carboxylic acid groups (broad SMARTS) is 1. The van der Waals surface area contributed by atoms with Crippen LogP contribution in [0, 0.1) is 17.6 Å². The second kappa shape index (κ2) is 6.23. The summed E-state index contributed by atoms with van der Waals surface area (Å²) < 4.78 is 32.9. The number of carbonyl (C=O) groups is 2. The molecule has 7 heteroatoms. The summed E-state index contributed by atoms with van der Waals surface area (Å²) in [6, 6.07) is 3.68. The van der Waals surface area contributed by atoms with E-state index in [0.717, 1.165) is 0 Å². The van der Waals surface area contributed by atoms with Gasteiger partial charge in [-0.1, -0.05) is 6.07 Å². The molecule has 1 aromatic carbocycles. The average molecular weight is 325 g/mol. The van der Waals surface area contributed by atoms with Crippen LogP contribution in [0.4, 0.5) is 8.78 Å². The normalized spacial score (nSPS) is 26.9. The molecule has 0 radical (unpaired) electrons. The van der Waals surface area contributed by atoms with Gasteiger partial charge in [0.1, 0.15) is 11.6 Å². The maximum Gasteiger partial charge on any atom is 0.306 e. The summed E-state index contributed by atoms with van der Waals surface area (Å²) >= 11 is 0. The van der Waals surface area contributed by atoms with Crippen molar-refractivity contribution in [1.82, 2.24) is 4.90 Å². The molecular weight excluding hydrogens is 308 g/mol. The van der Waals surface area contributed by atoms with Crippen LogP contribution in [0.25, 0.3) is 0 Å². The quantitative estimate of drug-likeness (QED) is 0.916. The molecule has 0 spiro atoms. The zero-order valence-electron chi connectivity index (χ0n) is 12.4. The number of nitrogens with zero attached hydrogens (tertiary/aromatic N) is 1. The van der Waals surface area contributed by atoms with Gasteiger partial charge in [-0.3, -0.25) is 9.59 Å². The van der Waals surface area contributed by atoms with E-state index in [1.807, 2.05) is 0 Å². The number of ether oxygens (including phenoxy) is 1. The first-order chi connectivity index (χ1) is 11.0. The van der Waals surface area contributed by atoms with Crippen LogP contribution in [0.3, 0.4) is 0 Å². The van der Waals surface area contributed by atoms with E-state index in [2.05, 4.69) is 0 Å². The van der Waals surface area contributed by atoms with Crippen molar-refractivity contribution in [3.05, 3.63) is 35.4 Å². The summed E-state index contributed by atoms with van der Waals surface area (Å²) in [4.78, 5) is 24.8. The van der Waals surface area contributed by atoms with Crippen LogP contribution in [0.15, 0.2) is 18.2 Å². The van der Waals surface area contributed by atoms with E-state index >= 15 is 0 Å². The third-order valence-corrected chi connectivity index (χ3v) is 4.33. The van der Waals surface area contributed by atoms with Gasteiger partial charge in [-0.25, -0.2) is 8.78 Å². The highest BCUT2D eigenvalue weighted by Gasteiger charge is 2.48. The van der Waals surface area contributed by atoms with E-state index in [4.69, 9.17) is 9.84 Å². The van der Waals surface area contributed by atoms with E-state index in [1.165, 1.54) is 18.2 Å². The highest BCUT2D eigenvalue weighted by atomic mass is 19.1. The summed E-state index contributed by atoms with van der Waals surface area (Å²) in [5, 5.41) is 8.80. The topological polar surface area (TPSA) is 66.8 Å². The Morgan fingerprint density at radius 2 is 2.00 bits per heavy atom. The van der Waals surface area contributed by atoms with Gasteiger partial charge in [-0.15, -0.1) is 0 Å². The van der Waals surface area contributed by atoms with Gasteiger partial charge in [0.15, 0.2) is 0 Å². The molecular formula is C16H17F2NO4. The molecule has 1 amide bonds. The third kappa shape index (κ3) is 3.34. The van der Waals surface area contributed by atoms with E-state index < -0.39 is 35.5 Å². The molecule has 1 N–H and O–H groups in total. The van der Waals surface area contributed by atoms with Crippen molar-refractivity contribution in [3.8, 4) is 0 Å². The van der Waals surface area contributed by atoms with Gasteiger partial charge in [0.25, 0.3) is 0 Å². The zero-order valence-corrected chi connectivity index (χ0v) is 12.4. The number of carboxylic acids is 1. The largest absolute Gasteiger partial charge is 0.481 e. The maximum atomic E-state index is 13.8. The van der Waals surface area contributed by atoms with Crippen molar-refractivity contribution < 1.29 is 28.2 Å². The van der Waals surface area contributed by atoms with Crippen molar-refractivity contribution in [2.24, 2.45) is 5.92 Å². The van der Waals surface area contributed by atoms with Crippen LogP contribution in [0.5, 0.6) is 0 Å². The molecule has 1 saturated carbocycles. The van der Waals surface area contributed by atoms with Gasteiger partial charge in [-0.05, 0) is 18.6 Å². The number of carbonyl (C=O) groups excluding carboxylic acids is 1. The van der Waals surface area contributed by atoms with Crippen molar-refractivity contribution in [3.63, 3.8) is 0 Å². The molecule has 2 aliphatic rings. The smallest absolute Gasteiger partial charge is 0.306 e. The average Bonchev–Trinajstić information content (AvgIpc) is 3.26. The van der Waals surface area contributed by atoms with Gasteiger partial charge >= 0.3 is 5.97 Å². The van der Waals surface area contributed by atoms with Crippen molar-refractivity contribution in [2.75, 3.05) is 19.7 Å². The number of rotatable bonds is 4.